The van der Waals surface area contributed by atoms with E-state index in [-0.39, 0.29) is 6.09 Å². The Morgan fingerprint density at radius 3 is 2.79 bits per heavy atom. The third kappa shape index (κ3) is 6.62. The largest absolute Gasteiger partial charge is 0.444 e. The first-order valence-electron chi connectivity index (χ1n) is 7.25. The smallest absolute Gasteiger partial charge is 0.410 e. The first-order chi connectivity index (χ1) is 8.92. The van der Waals surface area contributed by atoms with Crippen molar-refractivity contribution in [1.29, 1.82) is 0 Å². The highest BCUT2D eigenvalue weighted by Crippen LogP contribution is 2.22. The molecule has 1 amide bonds. The van der Waals surface area contributed by atoms with E-state index in [9.17, 15) is 4.79 Å². The van der Waals surface area contributed by atoms with E-state index in [2.05, 4.69) is 6.08 Å². The number of hydrogen-bond acceptors (Lipinski definition) is 3. The highest BCUT2D eigenvalue weighted by molar-refractivity contribution is 5.68. The van der Waals surface area contributed by atoms with Gasteiger partial charge in [0.05, 0.1) is 0 Å². The fraction of sp³-hybridized carbons (Fsp3) is 0.800. The van der Waals surface area contributed by atoms with Gasteiger partial charge in [0.2, 0.25) is 0 Å². The molecule has 0 radical (unpaired) electrons. The van der Waals surface area contributed by atoms with Gasteiger partial charge < -0.3 is 15.4 Å². The number of hydrogen-bond donors (Lipinski definition) is 1. The lowest BCUT2D eigenvalue weighted by Gasteiger charge is -2.34. The van der Waals surface area contributed by atoms with E-state index in [1.165, 1.54) is 6.42 Å². The summed E-state index contributed by atoms with van der Waals surface area (Å²) >= 11 is 0. The zero-order valence-electron chi connectivity index (χ0n) is 12.5. The van der Waals surface area contributed by atoms with E-state index in [0.29, 0.717) is 12.5 Å². The molecule has 1 atom stereocenters. The molecule has 1 saturated heterocycles. The molecule has 1 fully saturated rings. The third-order valence-corrected chi connectivity index (χ3v) is 3.22. The summed E-state index contributed by atoms with van der Waals surface area (Å²) in [6, 6.07) is 0. The van der Waals surface area contributed by atoms with Gasteiger partial charge in [-0.1, -0.05) is 12.2 Å². The molecule has 0 aliphatic carbocycles. The molecule has 4 heteroatoms. The number of nitrogens with two attached hydrogens (primary N) is 1. The van der Waals surface area contributed by atoms with Gasteiger partial charge in [0.1, 0.15) is 5.60 Å². The predicted octanol–water partition coefficient (Wildman–Crippen LogP) is 2.93. The number of nitrogens with zero attached hydrogens (tertiary/aromatic N) is 1. The molecule has 2 N–H and O–H groups in total. The molecule has 0 aromatic rings. The van der Waals surface area contributed by atoms with Gasteiger partial charge in [-0.25, -0.2) is 4.79 Å². The molecule has 0 aromatic heterocycles. The Labute approximate surface area is 117 Å². The van der Waals surface area contributed by atoms with Crippen LogP contribution in [0.2, 0.25) is 0 Å². The van der Waals surface area contributed by atoms with Gasteiger partial charge in [-0.15, -0.1) is 0 Å². The Morgan fingerprint density at radius 1 is 1.42 bits per heavy atom. The Morgan fingerprint density at radius 2 is 2.16 bits per heavy atom. The SMILES string of the molecule is CC(C)(C)OC(=O)N1CCCC(CC/C=C/CN)C1. The van der Waals surface area contributed by atoms with E-state index >= 15 is 0 Å². The summed E-state index contributed by atoms with van der Waals surface area (Å²) in [6.45, 7) is 7.97. The summed E-state index contributed by atoms with van der Waals surface area (Å²) in [5.41, 5.74) is 5.00. The van der Waals surface area contributed by atoms with Crippen LogP contribution in [0.3, 0.4) is 0 Å². The monoisotopic (exact) mass is 268 g/mol. The maximum absolute atomic E-state index is 12.0. The van der Waals surface area contributed by atoms with Crippen LogP contribution >= 0.6 is 0 Å². The number of amides is 1. The van der Waals surface area contributed by atoms with Crippen molar-refractivity contribution in [3.05, 3.63) is 12.2 Å². The van der Waals surface area contributed by atoms with Crippen molar-refractivity contribution in [1.82, 2.24) is 4.90 Å². The first kappa shape index (κ1) is 16.0. The minimum Gasteiger partial charge on any atom is -0.444 e. The molecule has 1 aliphatic rings. The molecule has 0 saturated carbocycles. The van der Waals surface area contributed by atoms with Crippen molar-refractivity contribution < 1.29 is 9.53 Å². The van der Waals surface area contributed by atoms with E-state index < -0.39 is 5.60 Å². The van der Waals surface area contributed by atoms with E-state index in [0.717, 1.165) is 32.4 Å². The van der Waals surface area contributed by atoms with Gasteiger partial charge in [0.25, 0.3) is 0 Å². The van der Waals surface area contributed by atoms with Gasteiger partial charge in [-0.3, -0.25) is 0 Å². The molecule has 1 aliphatic heterocycles. The Hall–Kier alpha value is -1.03. The van der Waals surface area contributed by atoms with Gasteiger partial charge in [0, 0.05) is 19.6 Å². The molecule has 1 rings (SSSR count). The molecular formula is C15H28N2O2. The van der Waals surface area contributed by atoms with Crippen LogP contribution in [-0.2, 0) is 4.74 Å². The lowest BCUT2D eigenvalue weighted by molar-refractivity contribution is 0.0162. The van der Waals surface area contributed by atoms with Crippen LogP contribution in [0.5, 0.6) is 0 Å². The predicted molar refractivity (Wildman–Crippen MR) is 78.0 cm³/mol. The van der Waals surface area contributed by atoms with Gasteiger partial charge in [-0.05, 0) is 52.4 Å². The first-order valence-corrected chi connectivity index (χ1v) is 7.25. The summed E-state index contributed by atoms with van der Waals surface area (Å²) in [7, 11) is 0. The molecule has 0 bridgehead atoms. The average Bonchev–Trinajstić information content (AvgIpc) is 2.33. The van der Waals surface area contributed by atoms with E-state index in [1.54, 1.807) is 0 Å². The second kappa shape index (κ2) is 7.53. The van der Waals surface area contributed by atoms with Crippen LogP contribution in [0.1, 0.15) is 46.5 Å². The van der Waals surface area contributed by atoms with Crippen molar-refractivity contribution in [2.24, 2.45) is 11.7 Å². The molecular weight excluding hydrogens is 240 g/mol. The molecule has 1 heterocycles. The molecule has 1 unspecified atom stereocenters. The minimum absolute atomic E-state index is 0.172. The third-order valence-electron chi connectivity index (χ3n) is 3.22. The maximum atomic E-state index is 12.0. The summed E-state index contributed by atoms with van der Waals surface area (Å²) < 4.78 is 5.43. The standard InChI is InChI=1S/C15H28N2O2/c1-15(2,3)19-14(18)17-11-7-9-13(12-17)8-5-4-6-10-16/h4,6,13H,5,7-12,16H2,1-3H3/b6-4+. The molecule has 110 valence electrons. The number of piperidine rings is 1. The second-order valence-electron chi connectivity index (χ2n) is 6.22. The lowest BCUT2D eigenvalue weighted by Crippen LogP contribution is -2.42. The maximum Gasteiger partial charge on any atom is 0.410 e. The van der Waals surface area contributed by atoms with E-state index in [1.807, 2.05) is 31.7 Å². The van der Waals surface area contributed by atoms with Crippen molar-refractivity contribution >= 4 is 6.09 Å². The fourth-order valence-electron chi connectivity index (χ4n) is 2.34. The van der Waals surface area contributed by atoms with Gasteiger partial charge in [-0.2, -0.15) is 0 Å². The van der Waals surface area contributed by atoms with Crippen molar-refractivity contribution in [3.63, 3.8) is 0 Å². The zero-order valence-corrected chi connectivity index (χ0v) is 12.5. The molecule has 0 spiro atoms. The minimum atomic E-state index is -0.409. The topological polar surface area (TPSA) is 55.6 Å². The number of carbonyl (C=O) groups excluding carboxylic acids is 1. The summed E-state index contributed by atoms with van der Waals surface area (Å²) in [4.78, 5) is 13.9. The number of allylic oxidation sites excluding steroid dienone is 1. The van der Waals surface area contributed by atoms with Crippen molar-refractivity contribution in [2.45, 2.75) is 52.1 Å². The van der Waals surface area contributed by atoms with Crippen LogP contribution < -0.4 is 5.73 Å². The highest BCUT2D eigenvalue weighted by Gasteiger charge is 2.27. The Bertz CT molecular complexity index is 308. The lowest BCUT2D eigenvalue weighted by atomic mass is 9.93. The van der Waals surface area contributed by atoms with Gasteiger partial charge >= 0.3 is 6.09 Å². The van der Waals surface area contributed by atoms with Crippen LogP contribution in [0, 0.1) is 5.92 Å². The van der Waals surface area contributed by atoms with Gasteiger partial charge in [0.15, 0.2) is 0 Å². The Kier molecular flexibility index (Phi) is 6.35. The zero-order chi connectivity index (χ0) is 14.3. The molecule has 19 heavy (non-hydrogen) atoms. The van der Waals surface area contributed by atoms with Crippen molar-refractivity contribution in [2.75, 3.05) is 19.6 Å². The normalized spacial score (nSPS) is 20.8. The second-order valence-corrected chi connectivity index (χ2v) is 6.22. The highest BCUT2D eigenvalue weighted by atomic mass is 16.6. The number of ether oxygens (including phenoxy) is 1. The summed E-state index contributed by atoms with van der Waals surface area (Å²) in [6.07, 6.45) is 8.40. The number of likely N-dealkylation sites (tertiary alicyclic amines) is 1. The fourth-order valence-corrected chi connectivity index (χ4v) is 2.34. The summed E-state index contributed by atoms with van der Waals surface area (Å²) in [5, 5.41) is 0. The van der Waals surface area contributed by atoms with Crippen LogP contribution in [0.4, 0.5) is 4.79 Å². The molecule has 4 nitrogen and oxygen atoms in total. The van der Waals surface area contributed by atoms with Crippen LogP contribution in [0.25, 0.3) is 0 Å². The van der Waals surface area contributed by atoms with E-state index in [4.69, 9.17) is 10.5 Å². The number of carbonyl (C=O) groups is 1. The summed E-state index contributed by atoms with van der Waals surface area (Å²) in [5.74, 6) is 0.587. The molecule has 0 aromatic carbocycles. The quantitative estimate of drug-likeness (QED) is 0.798. The average molecular weight is 268 g/mol. The Balaban J connectivity index is 2.37. The number of rotatable bonds is 4. The van der Waals surface area contributed by atoms with Crippen LogP contribution in [-0.4, -0.2) is 36.2 Å². The van der Waals surface area contributed by atoms with Crippen LogP contribution in [0.15, 0.2) is 12.2 Å². The van der Waals surface area contributed by atoms with Crippen molar-refractivity contribution in [3.8, 4) is 0 Å².